The van der Waals surface area contributed by atoms with Crippen LogP contribution in [-0.4, -0.2) is 54.0 Å². The van der Waals surface area contributed by atoms with Gasteiger partial charge in [0.15, 0.2) is 0 Å². The Morgan fingerprint density at radius 3 is 2.33 bits per heavy atom. The number of hydrogen-bond donors (Lipinski definition) is 2. The fourth-order valence-electron chi connectivity index (χ4n) is 3.39. The van der Waals surface area contributed by atoms with Crippen molar-refractivity contribution < 1.29 is 9.59 Å². The highest BCUT2D eigenvalue weighted by atomic mass is 16.2. The fraction of sp³-hybridized carbons (Fsp3) is 0.368. The predicted octanol–water partition coefficient (Wildman–Crippen LogP) is 1.02. The van der Waals surface area contributed by atoms with Crippen LogP contribution in [0, 0.1) is 0 Å². The SMILES string of the molecule is O=C1CCC(C(=O)Nc2cnc(N3CCN(c4ccccc4)CC3)nc2)N1. The van der Waals surface area contributed by atoms with Crippen molar-refractivity contribution in [2.24, 2.45) is 0 Å². The maximum absolute atomic E-state index is 12.1. The molecule has 1 unspecified atom stereocenters. The van der Waals surface area contributed by atoms with Gasteiger partial charge in [-0.2, -0.15) is 0 Å². The lowest BCUT2D eigenvalue weighted by atomic mass is 10.2. The van der Waals surface area contributed by atoms with E-state index in [1.165, 1.54) is 5.69 Å². The first-order valence-electron chi connectivity index (χ1n) is 9.16. The van der Waals surface area contributed by atoms with Crippen LogP contribution in [0.25, 0.3) is 0 Å². The van der Waals surface area contributed by atoms with Gasteiger partial charge in [0, 0.05) is 38.3 Å². The number of aromatic nitrogens is 2. The second-order valence-corrected chi connectivity index (χ2v) is 6.73. The molecule has 8 heteroatoms. The number of anilines is 3. The molecule has 4 rings (SSSR count). The minimum absolute atomic E-state index is 0.0867. The van der Waals surface area contributed by atoms with Gasteiger partial charge in [-0.1, -0.05) is 18.2 Å². The molecular formula is C19H22N6O2. The van der Waals surface area contributed by atoms with E-state index < -0.39 is 6.04 Å². The zero-order valence-electron chi connectivity index (χ0n) is 15.0. The number of nitrogens with one attached hydrogen (secondary N) is 2. The van der Waals surface area contributed by atoms with Crippen LogP contribution < -0.4 is 20.4 Å². The third-order valence-electron chi connectivity index (χ3n) is 4.90. The van der Waals surface area contributed by atoms with E-state index in [-0.39, 0.29) is 11.8 Å². The van der Waals surface area contributed by atoms with E-state index in [9.17, 15) is 9.59 Å². The van der Waals surface area contributed by atoms with Crippen molar-refractivity contribution in [1.82, 2.24) is 15.3 Å². The summed E-state index contributed by atoms with van der Waals surface area (Å²) in [6.45, 7) is 3.50. The van der Waals surface area contributed by atoms with Crippen LogP contribution in [0.3, 0.4) is 0 Å². The number of benzene rings is 1. The largest absolute Gasteiger partial charge is 0.368 e. The van der Waals surface area contributed by atoms with E-state index >= 15 is 0 Å². The molecule has 2 aliphatic heterocycles. The van der Waals surface area contributed by atoms with Crippen molar-refractivity contribution in [3.63, 3.8) is 0 Å². The summed E-state index contributed by atoms with van der Waals surface area (Å²) < 4.78 is 0. The average Bonchev–Trinajstić information content (AvgIpc) is 3.16. The smallest absolute Gasteiger partial charge is 0.247 e. The molecule has 2 amide bonds. The molecular weight excluding hydrogens is 344 g/mol. The van der Waals surface area contributed by atoms with Gasteiger partial charge < -0.3 is 20.4 Å². The normalized spacial score (nSPS) is 19.7. The van der Waals surface area contributed by atoms with E-state index in [0.29, 0.717) is 24.5 Å². The number of amides is 2. The molecule has 2 saturated heterocycles. The summed E-state index contributed by atoms with van der Waals surface area (Å²) in [5.74, 6) is 0.347. The Bertz CT molecular complexity index is 803. The Morgan fingerprint density at radius 2 is 1.70 bits per heavy atom. The highest BCUT2D eigenvalue weighted by Gasteiger charge is 2.27. The number of carbonyl (C=O) groups is 2. The molecule has 0 saturated carbocycles. The number of rotatable bonds is 4. The van der Waals surface area contributed by atoms with Gasteiger partial charge in [0.25, 0.3) is 0 Å². The summed E-state index contributed by atoms with van der Waals surface area (Å²) in [4.78, 5) is 36.6. The van der Waals surface area contributed by atoms with E-state index in [0.717, 1.165) is 26.2 Å². The summed E-state index contributed by atoms with van der Waals surface area (Å²) in [5, 5.41) is 5.41. The Balaban J connectivity index is 1.32. The Hall–Kier alpha value is -3.16. The second kappa shape index (κ2) is 7.61. The van der Waals surface area contributed by atoms with Crippen molar-refractivity contribution in [2.45, 2.75) is 18.9 Å². The summed E-state index contributed by atoms with van der Waals surface area (Å²) in [6, 6.07) is 9.90. The van der Waals surface area contributed by atoms with Crippen LogP contribution in [0.5, 0.6) is 0 Å². The molecule has 1 aromatic heterocycles. The predicted molar refractivity (Wildman–Crippen MR) is 103 cm³/mol. The van der Waals surface area contributed by atoms with Gasteiger partial charge in [-0.15, -0.1) is 0 Å². The maximum Gasteiger partial charge on any atom is 0.247 e. The second-order valence-electron chi connectivity index (χ2n) is 6.73. The number of para-hydroxylation sites is 1. The Morgan fingerprint density at radius 1 is 1.04 bits per heavy atom. The number of hydrogen-bond acceptors (Lipinski definition) is 6. The minimum Gasteiger partial charge on any atom is -0.368 e. The molecule has 27 heavy (non-hydrogen) atoms. The van der Waals surface area contributed by atoms with Crippen LogP contribution in [0.1, 0.15) is 12.8 Å². The van der Waals surface area contributed by atoms with Crippen LogP contribution >= 0.6 is 0 Å². The summed E-state index contributed by atoms with van der Waals surface area (Å²) >= 11 is 0. The molecule has 2 fully saturated rings. The van der Waals surface area contributed by atoms with E-state index in [2.05, 4.69) is 54.7 Å². The topological polar surface area (TPSA) is 90.5 Å². The molecule has 1 atom stereocenters. The molecule has 1 aromatic carbocycles. The summed E-state index contributed by atoms with van der Waals surface area (Å²) in [7, 11) is 0. The molecule has 3 heterocycles. The van der Waals surface area contributed by atoms with Crippen LogP contribution in [0.4, 0.5) is 17.3 Å². The summed E-state index contributed by atoms with van der Waals surface area (Å²) in [5.41, 5.74) is 1.77. The standard InChI is InChI=1S/C19H22N6O2/c26-17-7-6-16(23-17)18(27)22-14-12-20-19(21-13-14)25-10-8-24(9-11-25)15-4-2-1-3-5-15/h1-5,12-13,16H,6-11H2,(H,22,27)(H,23,26). The molecule has 0 spiro atoms. The highest BCUT2D eigenvalue weighted by molar-refractivity contribution is 5.98. The van der Waals surface area contributed by atoms with Crippen LogP contribution in [0.2, 0.25) is 0 Å². The van der Waals surface area contributed by atoms with Gasteiger partial charge in [-0.05, 0) is 18.6 Å². The van der Waals surface area contributed by atoms with Crippen molar-refractivity contribution >= 4 is 29.1 Å². The number of carbonyl (C=O) groups excluding carboxylic acids is 2. The van der Waals surface area contributed by atoms with Gasteiger partial charge in [-0.3, -0.25) is 9.59 Å². The zero-order valence-corrected chi connectivity index (χ0v) is 15.0. The molecule has 0 aliphatic carbocycles. The molecule has 140 valence electrons. The van der Waals surface area contributed by atoms with Crippen molar-refractivity contribution in [3.05, 3.63) is 42.7 Å². The van der Waals surface area contributed by atoms with E-state index in [1.807, 2.05) is 6.07 Å². The molecule has 2 aromatic rings. The first-order valence-corrected chi connectivity index (χ1v) is 9.16. The lowest BCUT2D eigenvalue weighted by Gasteiger charge is -2.36. The fourth-order valence-corrected chi connectivity index (χ4v) is 3.39. The quantitative estimate of drug-likeness (QED) is 0.840. The molecule has 8 nitrogen and oxygen atoms in total. The molecule has 2 aliphatic rings. The van der Waals surface area contributed by atoms with Crippen LogP contribution in [0.15, 0.2) is 42.7 Å². The first-order chi connectivity index (χ1) is 13.2. The van der Waals surface area contributed by atoms with Crippen molar-refractivity contribution in [3.8, 4) is 0 Å². The maximum atomic E-state index is 12.1. The minimum atomic E-state index is -0.469. The van der Waals surface area contributed by atoms with Gasteiger partial charge in [0.05, 0.1) is 18.1 Å². The van der Waals surface area contributed by atoms with Gasteiger partial charge in [0.1, 0.15) is 6.04 Å². The van der Waals surface area contributed by atoms with Crippen LogP contribution in [-0.2, 0) is 9.59 Å². The number of nitrogens with zero attached hydrogens (tertiary/aromatic N) is 4. The first kappa shape index (κ1) is 17.3. The van der Waals surface area contributed by atoms with E-state index in [4.69, 9.17) is 0 Å². The zero-order chi connectivity index (χ0) is 18.6. The molecule has 0 radical (unpaired) electrons. The summed E-state index contributed by atoms with van der Waals surface area (Å²) in [6.07, 6.45) is 4.14. The van der Waals surface area contributed by atoms with Crippen molar-refractivity contribution in [1.29, 1.82) is 0 Å². The van der Waals surface area contributed by atoms with Crippen molar-refractivity contribution in [2.75, 3.05) is 41.3 Å². The van der Waals surface area contributed by atoms with E-state index in [1.54, 1.807) is 12.4 Å². The Kier molecular flexibility index (Phi) is 4.86. The van der Waals surface area contributed by atoms with Gasteiger partial charge in [0.2, 0.25) is 17.8 Å². The lowest BCUT2D eigenvalue weighted by molar-refractivity contribution is -0.122. The number of piperazine rings is 1. The van der Waals surface area contributed by atoms with Gasteiger partial charge in [-0.25, -0.2) is 9.97 Å². The lowest BCUT2D eigenvalue weighted by Crippen LogP contribution is -2.47. The van der Waals surface area contributed by atoms with Gasteiger partial charge >= 0.3 is 0 Å². The molecule has 2 N–H and O–H groups in total. The molecule has 0 bridgehead atoms. The highest BCUT2D eigenvalue weighted by Crippen LogP contribution is 2.18. The Labute approximate surface area is 157 Å². The average molecular weight is 366 g/mol. The monoisotopic (exact) mass is 366 g/mol. The third-order valence-corrected chi connectivity index (χ3v) is 4.90. The third kappa shape index (κ3) is 3.99.